The maximum absolute atomic E-state index is 11.0. The van der Waals surface area contributed by atoms with Gasteiger partial charge in [0.25, 0.3) is 0 Å². The molecule has 0 saturated heterocycles. The van der Waals surface area contributed by atoms with Gasteiger partial charge in [-0.2, -0.15) is 0 Å². The second-order valence-corrected chi connectivity index (χ2v) is 5.87. The minimum absolute atomic E-state index is 0.0945. The Labute approximate surface area is 99.8 Å². The molecule has 1 aromatic heterocycles. The number of hydrogen-bond donors (Lipinski definition) is 1. The van der Waals surface area contributed by atoms with Crippen LogP contribution in [0.4, 0.5) is 0 Å². The summed E-state index contributed by atoms with van der Waals surface area (Å²) in [5, 5.41) is 13.9. The third kappa shape index (κ3) is 1.38. The van der Waals surface area contributed by atoms with Crippen LogP contribution in [0.1, 0.15) is 10.4 Å². The van der Waals surface area contributed by atoms with Crippen LogP contribution in [0.5, 0.6) is 0 Å². The fraction of sp³-hybridized carbons (Fsp3) is 0.300. The molecule has 1 N–H and O–H groups in total. The van der Waals surface area contributed by atoms with Crippen molar-refractivity contribution in [2.45, 2.75) is 11.8 Å². The van der Waals surface area contributed by atoms with Crippen LogP contribution in [0.2, 0.25) is 0 Å². The van der Waals surface area contributed by atoms with E-state index in [1.807, 2.05) is 17.5 Å². The molecule has 16 heavy (non-hydrogen) atoms. The Morgan fingerprint density at radius 3 is 2.88 bits per heavy atom. The Morgan fingerprint density at radius 1 is 1.62 bits per heavy atom. The zero-order valence-electron chi connectivity index (χ0n) is 9.10. The van der Waals surface area contributed by atoms with Gasteiger partial charge in [0.05, 0.1) is 16.9 Å². The maximum Gasteiger partial charge on any atom is 0.244 e. The molecule has 0 bridgehead atoms. The minimum atomic E-state index is -0.807. The summed E-state index contributed by atoms with van der Waals surface area (Å²) in [6.07, 6.45) is 0. The quantitative estimate of drug-likeness (QED) is 0.785. The molecule has 0 radical (unpaired) electrons. The Morgan fingerprint density at radius 2 is 2.31 bits per heavy atom. The van der Waals surface area contributed by atoms with Crippen LogP contribution in [0, 0.1) is 6.92 Å². The number of methoxy groups -OCH3 is 1. The number of fused-ring (bicyclic) bond motifs is 1. The third-order valence-electron chi connectivity index (χ3n) is 2.36. The predicted molar refractivity (Wildman–Crippen MR) is 64.9 cm³/mol. The smallest absolute Gasteiger partial charge is 0.244 e. The maximum atomic E-state index is 11.0. The molecule has 0 spiro atoms. The van der Waals surface area contributed by atoms with Gasteiger partial charge >= 0.3 is 0 Å². The number of carbonyl (C=O) groups excluding carboxylic acids is 1. The number of hydrogen-bond acceptors (Lipinski definition) is 5. The first-order chi connectivity index (χ1) is 7.61. The summed E-state index contributed by atoms with van der Waals surface area (Å²) in [6, 6.07) is 0. The molecule has 1 aliphatic rings. The van der Waals surface area contributed by atoms with Gasteiger partial charge in [-0.1, -0.05) is 0 Å². The monoisotopic (exact) mass is 257 g/mol. The second-order valence-electron chi connectivity index (χ2n) is 3.30. The fourth-order valence-corrected chi connectivity index (χ4v) is 4.39. The van der Waals surface area contributed by atoms with Gasteiger partial charge in [-0.05, 0) is 17.9 Å². The van der Waals surface area contributed by atoms with E-state index in [2.05, 4.69) is 0 Å². The van der Waals surface area contributed by atoms with Crippen LogP contribution in [-0.2, 0) is 9.53 Å². The highest BCUT2D eigenvalue weighted by atomic mass is 32.2. The van der Waals surface area contributed by atoms with Crippen molar-refractivity contribution in [2.75, 3.05) is 14.2 Å². The number of ether oxygens (including phenoxy) is 1. The van der Waals surface area contributed by atoms with Gasteiger partial charge in [0.1, 0.15) is 0 Å². The van der Waals surface area contributed by atoms with Crippen LogP contribution >= 0.6 is 22.0 Å². The van der Waals surface area contributed by atoms with Gasteiger partial charge in [-0.25, -0.2) is 4.79 Å². The van der Waals surface area contributed by atoms with E-state index in [4.69, 9.17) is 4.74 Å². The van der Waals surface area contributed by atoms with Crippen molar-refractivity contribution in [1.29, 1.82) is 0 Å². The normalized spacial score (nSPS) is 19.4. The Kier molecular flexibility index (Phi) is 2.80. The van der Waals surface area contributed by atoms with E-state index in [1.54, 1.807) is 11.4 Å². The lowest BCUT2D eigenvalue weighted by Gasteiger charge is -2.27. The standard InChI is InChI=1S/C10H11NO3S2/c1-6-4-15-8-7(13)10(14-3)11(2)16(5-12)9(6)8/h4,13H,1-3H3. The number of rotatable bonds is 1. The van der Waals surface area contributed by atoms with Crippen LogP contribution in [-0.4, -0.2) is 28.8 Å². The number of nitrogens with zero attached hydrogens (tertiary/aromatic N) is 1. The molecule has 0 fully saturated rings. The summed E-state index contributed by atoms with van der Waals surface area (Å²) in [5.41, 5.74) is 1.00. The van der Waals surface area contributed by atoms with E-state index in [0.29, 0.717) is 10.8 Å². The molecule has 2 rings (SSSR count). The highest BCUT2D eigenvalue weighted by Crippen LogP contribution is 2.47. The van der Waals surface area contributed by atoms with E-state index >= 15 is 0 Å². The summed E-state index contributed by atoms with van der Waals surface area (Å²) in [5.74, 6) is 0.415. The molecule has 1 unspecified atom stereocenters. The molecule has 0 amide bonds. The van der Waals surface area contributed by atoms with Crippen molar-refractivity contribution in [3.63, 3.8) is 0 Å². The molecule has 1 atom stereocenters. The van der Waals surface area contributed by atoms with E-state index in [-0.39, 0.29) is 5.76 Å². The number of aliphatic hydroxyl groups is 1. The van der Waals surface area contributed by atoms with Crippen molar-refractivity contribution < 1.29 is 14.6 Å². The van der Waals surface area contributed by atoms with Gasteiger partial charge in [0.2, 0.25) is 5.88 Å². The van der Waals surface area contributed by atoms with Crippen molar-refractivity contribution in [3.8, 4) is 0 Å². The summed E-state index contributed by atoms with van der Waals surface area (Å²) in [6.45, 7) is 1.92. The molecule has 0 saturated carbocycles. The van der Waals surface area contributed by atoms with Crippen molar-refractivity contribution in [3.05, 3.63) is 21.7 Å². The fourth-order valence-electron chi connectivity index (χ4n) is 1.63. The van der Waals surface area contributed by atoms with E-state index in [0.717, 1.165) is 10.5 Å². The van der Waals surface area contributed by atoms with Crippen molar-refractivity contribution >= 4 is 33.0 Å². The zero-order valence-corrected chi connectivity index (χ0v) is 10.7. The first-order valence-corrected chi connectivity index (χ1v) is 6.59. The lowest BCUT2D eigenvalue weighted by atomic mass is 10.3. The number of aryl methyl sites for hydroxylation is 1. The number of thiophene rings is 1. The van der Waals surface area contributed by atoms with Gasteiger partial charge < -0.3 is 9.84 Å². The van der Waals surface area contributed by atoms with Gasteiger partial charge in [0.15, 0.2) is 11.0 Å². The molecule has 1 aromatic rings. The first kappa shape index (κ1) is 11.3. The Hall–Kier alpha value is -1.23. The molecule has 0 aromatic carbocycles. The topological polar surface area (TPSA) is 49.8 Å². The molecule has 1 aliphatic heterocycles. The average Bonchev–Trinajstić information content (AvgIpc) is 2.63. The van der Waals surface area contributed by atoms with E-state index in [9.17, 15) is 9.90 Å². The van der Waals surface area contributed by atoms with Gasteiger partial charge in [-0.15, -0.1) is 11.3 Å². The molecule has 2 heterocycles. The predicted octanol–water partition coefficient (Wildman–Crippen LogP) is 2.44. The number of aliphatic hydroxyl groups excluding tert-OH is 1. The second kappa shape index (κ2) is 3.97. The van der Waals surface area contributed by atoms with E-state index < -0.39 is 10.7 Å². The van der Waals surface area contributed by atoms with Crippen LogP contribution in [0.15, 0.2) is 16.2 Å². The van der Waals surface area contributed by atoms with Gasteiger partial charge in [-0.3, -0.25) is 4.31 Å². The molecule has 6 heteroatoms. The van der Waals surface area contributed by atoms with Crippen LogP contribution < -0.4 is 0 Å². The van der Waals surface area contributed by atoms with Crippen LogP contribution in [0.25, 0.3) is 5.76 Å². The van der Waals surface area contributed by atoms with E-state index in [1.165, 1.54) is 18.4 Å². The third-order valence-corrected chi connectivity index (χ3v) is 5.38. The molecular weight excluding hydrogens is 246 g/mol. The lowest BCUT2D eigenvalue weighted by molar-refractivity contribution is 0.219. The first-order valence-electron chi connectivity index (χ1n) is 4.53. The van der Waals surface area contributed by atoms with Gasteiger partial charge in [0, 0.05) is 17.7 Å². The summed E-state index contributed by atoms with van der Waals surface area (Å²) in [7, 11) is 2.38. The largest absolute Gasteiger partial charge is 0.502 e. The lowest BCUT2D eigenvalue weighted by Crippen LogP contribution is -2.19. The van der Waals surface area contributed by atoms with Crippen LogP contribution in [0.3, 0.4) is 0 Å². The zero-order chi connectivity index (χ0) is 11.9. The Bertz CT molecular complexity index is 526. The average molecular weight is 257 g/mol. The summed E-state index contributed by atoms with van der Waals surface area (Å²) >= 11 is 1.41. The summed E-state index contributed by atoms with van der Waals surface area (Å²) < 4.78 is 6.72. The highest BCUT2D eigenvalue weighted by Gasteiger charge is 2.30. The summed E-state index contributed by atoms with van der Waals surface area (Å²) in [4.78, 5) is 12.6. The minimum Gasteiger partial charge on any atom is -0.502 e. The highest BCUT2D eigenvalue weighted by molar-refractivity contribution is 8.12. The van der Waals surface area contributed by atoms with Crippen molar-refractivity contribution in [1.82, 2.24) is 4.31 Å². The molecule has 86 valence electrons. The molecule has 4 nitrogen and oxygen atoms in total. The molecular formula is C10H11NO3S2. The molecule has 0 aliphatic carbocycles. The van der Waals surface area contributed by atoms with Crippen molar-refractivity contribution in [2.24, 2.45) is 0 Å². The Balaban J connectivity index is 2.78. The SMILES string of the molecule is COC1=C(O)c2scc(C)c2S(=C=O)N1C.